The highest BCUT2D eigenvalue weighted by Crippen LogP contribution is 2.38. The first-order chi connectivity index (χ1) is 20.3. The van der Waals surface area contributed by atoms with Gasteiger partial charge in [-0.25, -0.2) is 8.78 Å². The number of aliphatic hydroxyl groups excluding tert-OH is 1. The van der Waals surface area contributed by atoms with Crippen molar-refractivity contribution in [2.24, 2.45) is 0 Å². The van der Waals surface area contributed by atoms with Crippen molar-refractivity contribution in [1.82, 2.24) is 14.8 Å². The fourth-order valence-corrected chi connectivity index (χ4v) is 6.17. The molecule has 2 aromatic carbocycles. The second kappa shape index (κ2) is 11.7. The first-order valence-electron chi connectivity index (χ1n) is 14.5. The molecule has 10 heteroatoms. The summed E-state index contributed by atoms with van der Waals surface area (Å²) in [5, 5.41) is 16.5. The van der Waals surface area contributed by atoms with Crippen molar-refractivity contribution in [2.45, 2.75) is 45.3 Å². The number of likely N-dealkylation sites (tertiary alicyclic amines) is 1. The molecule has 6 rings (SSSR count). The molecule has 220 valence electrons. The number of piperidine rings is 1. The molecule has 4 N–H and O–H groups in total. The number of anilines is 2. The summed E-state index contributed by atoms with van der Waals surface area (Å²) >= 11 is 0. The number of nitrogens with one attached hydrogen (secondary N) is 3. The molecular formula is C32H35F2N5O3. The lowest BCUT2D eigenvalue weighted by Crippen LogP contribution is -2.46. The molecule has 42 heavy (non-hydrogen) atoms. The van der Waals surface area contributed by atoms with E-state index in [9.17, 15) is 19.1 Å². The summed E-state index contributed by atoms with van der Waals surface area (Å²) < 4.78 is 28.3. The van der Waals surface area contributed by atoms with E-state index in [4.69, 9.17) is 0 Å². The lowest BCUT2D eigenvalue weighted by molar-refractivity contribution is -0.110. The Morgan fingerprint density at radius 2 is 1.81 bits per heavy atom. The Labute approximate surface area is 243 Å². The summed E-state index contributed by atoms with van der Waals surface area (Å²) in [7, 11) is 0. The van der Waals surface area contributed by atoms with Crippen molar-refractivity contribution in [3.8, 4) is 0 Å². The number of amides is 2. The minimum atomic E-state index is -0.613. The van der Waals surface area contributed by atoms with E-state index >= 15 is 4.39 Å². The summed E-state index contributed by atoms with van der Waals surface area (Å²) in [6.07, 6.45) is 5.18. The van der Waals surface area contributed by atoms with Crippen molar-refractivity contribution < 1.29 is 23.5 Å². The maximum Gasteiger partial charge on any atom is 0.256 e. The molecule has 1 saturated heterocycles. The van der Waals surface area contributed by atoms with Gasteiger partial charge in [-0.05, 0) is 74.3 Å². The molecule has 0 aliphatic carbocycles. The van der Waals surface area contributed by atoms with Gasteiger partial charge in [0, 0.05) is 49.6 Å². The highest BCUT2D eigenvalue weighted by atomic mass is 19.1. The third kappa shape index (κ3) is 5.69. The van der Waals surface area contributed by atoms with Gasteiger partial charge in [0.05, 0.1) is 28.6 Å². The van der Waals surface area contributed by atoms with Crippen LogP contribution in [0.25, 0.3) is 11.6 Å². The van der Waals surface area contributed by atoms with Crippen molar-refractivity contribution in [2.75, 3.05) is 43.4 Å². The number of hydrogen-bond donors (Lipinski definition) is 4. The number of benzene rings is 2. The van der Waals surface area contributed by atoms with Crippen molar-refractivity contribution in [1.29, 1.82) is 0 Å². The molecule has 4 heterocycles. The number of fused-ring (bicyclic) bond motifs is 2. The van der Waals surface area contributed by atoms with Gasteiger partial charge in [0.15, 0.2) is 0 Å². The zero-order valence-corrected chi connectivity index (χ0v) is 23.6. The number of H-pyrrole nitrogens is 1. The molecule has 1 fully saturated rings. The van der Waals surface area contributed by atoms with E-state index in [0.717, 1.165) is 42.8 Å². The minimum Gasteiger partial charge on any atom is -0.390 e. The van der Waals surface area contributed by atoms with Gasteiger partial charge in [-0.15, -0.1) is 0 Å². The number of β-amino-alcohol motifs (C(OH)–C–C–N with tert-alkyl or cyclic N) is 1. The largest absolute Gasteiger partial charge is 0.390 e. The van der Waals surface area contributed by atoms with Crippen LogP contribution >= 0.6 is 0 Å². The van der Waals surface area contributed by atoms with E-state index in [1.54, 1.807) is 29.2 Å². The summed E-state index contributed by atoms with van der Waals surface area (Å²) in [5.41, 5.74) is 4.95. The molecule has 0 radical (unpaired) electrons. The Morgan fingerprint density at radius 3 is 2.57 bits per heavy atom. The highest BCUT2D eigenvalue weighted by Gasteiger charge is 2.32. The molecule has 1 unspecified atom stereocenters. The molecule has 3 aliphatic rings. The van der Waals surface area contributed by atoms with Crippen molar-refractivity contribution in [3.63, 3.8) is 0 Å². The monoisotopic (exact) mass is 575 g/mol. The topological polar surface area (TPSA) is 101 Å². The number of aliphatic hydroxyl groups is 1. The fourth-order valence-electron chi connectivity index (χ4n) is 6.17. The maximum absolute atomic E-state index is 15.1. The van der Waals surface area contributed by atoms with E-state index in [-0.39, 0.29) is 29.9 Å². The van der Waals surface area contributed by atoms with Gasteiger partial charge < -0.3 is 30.5 Å². The molecular weight excluding hydrogens is 540 g/mol. The van der Waals surface area contributed by atoms with Gasteiger partial charge >= 0.3 is 0 Å². The van der Waals surface area contributed by atoms with Gasteiger partial charge in [-0.1, -0.05) is 18.6 Å². The van der Waals surface area contributed by atoms with Crippen LogP contribution in [0.5, 0.6) is 0 Å². The number of carbonyl (C=O) groups excluding carboxylic acids is 2. The van der Waals surface area contributed by atoms with Gasteiger partial charge in [0.25, 0.3) is 11.8 Å². The standard InChI is InChI=1S/C32H35F2N5O3/c1-19-27(36-26-9-12-39(32(42)30(19)26)18-22(40)17-38-10-3-2-4-11-38)14-24-23-13-25(34)29(15-28(23)37-31(24)41)35-16-20-5-7-21(33)8-6-20/h5-8,13-15,22,35-36,40H,2-4,9-12,16-18H2,1H3,(H,37,41)/b24-14-. The van der Waals surface area contributed by atoms with Crippen LogP contribution in [0.15, 0.2) is 36.4 Å². The second-order valence-corrected chi connectivity index (χ2v) is 11.4. The molecule has 0 spiro atoms. The summed E-state index contributed by atoms with van der Waals surface area (Å²) in [6, 6.07) is 8.81. The van der Waals surface area contributed by atoms with Gasteiger partial charge in [-0.2, -0.15) is 0 Å². The van der Waals surface area contributed by atoms with Gasteiger partial charge in [0.2, 0.25) is 0 Å². The fraction of sp³-hybridized carbons (Fsp3) is 0.375. The molecule has 3 aromatic rings. The van der Waals surface area contributed by atoms with Crippen LogP contribution < -0.4 is 10.6 Å². The quantitative estimate of drug-likeness (QED) is 0.296. The maximum atomic E-state index is 15.1. The van der Waals surface area contributed by atoms with Crippen molar-refractivity contribution in [3.05, 3.63) is 81.7 Å². The average molecular weight is 576 g/mol. The van der Waals surface area contributed by atoms with Gasteiger partial charge in [-0.3, -0.25) is 9.59 Å². The predicted octanol–water partition coefficient (Wildman–Crippen LogP) is 4.55. The van der Waals surface area contributed by atoms with Crippen molar-refractivity contribution >= 4 is 34.8 Å². The van der Waals surface area contributed by atoms with Crippen LogP contribution in [0, 0.1) is 18.6 Å². The summed E-state index contributed by atoms with van der Waals surface area (Å²) in [5.74, 6) is -1.35. The van der Waals surface area contributed by atoms with Crippen LogP contribution in [0.3, 0.4) is 0 Å². The van der Waals surface area contributed by atoms with E-state index in [1.807, 2.05) is 6.92 Å². The molecule has 3 aliphatic heterocycles. The number of halogens is 2. The number of carbonyl (C=O) groups is 2. The van der Waals surface area contributed by atoms with E-state index in [2.05, 4.69) is 20.5 Å². The number of aromatic nitrogens is 1. The number of nitrogens with zero attached hydrogens (tertiary/aromatic N) is 2. The number of aromatic amines is 1. The smallest absolute Gasteiger partial charge is 0.256 e. The normalized spacial score (nSPS) is 18.7. The van der Waals surface area contributed by atoms with E-state index in [1.165, 1.54) is 24.6 Å². The van der Waals surface area contributed by atoms with E-state index in [0.29, 0.717) is 54.1 Å². The van der Waals surface area contributed by atoms with Crippen LogP contribution in [0.2, 0.25) is 0 Å². The Morgan fingerprint density at radius 1 is 1.05 bits per heavy atom. The molecule has 2 amide bonds. The minimum absolute atomic E-state index is 0.133. The number of rotatable bonds is 8. The Bertz CT molecular complexity index is 1540. The molecule has 0 saturated carbocycles. The summed E-state index contributed by atoms with van der Waals surface area (Å²) in [6.45, 7) is 5.44. The van der Waals surface area contributed by atoms with Crippen LogP contribution in [0.1, 0.15) is 57.7 Å². The van der Waals surface area contributed by atoms with E-state index < -0.39 is 11.9 Å². The molecule has 8 nitrogen and oxygen atoms in total. The Kier molecular flexibility index (Phi) is 7.83. The van der Waals surface area contributed by atoms with Crippen LogP contribution in [0.4, 0.5) is 20.2 Å². The Balaban J connectivity index is 1.18. The second-order valence-electron chi connectivity index (χ2n) is 11.4. The highest BCUT2D eigenvalue weighted by molar-refractivity contribution is 6.35. The van der Waals surface area contributed by atoms with Gasteiger partial charge in [0.1, 0.15) is 11.6 Å². The lowest BCUT2D eigenvalue weighted by Gasteiger charge is -2.32. The third-order valence-corrected chi connectivity index (χ3v) is 8.42. The molecule has 1 aromatic heterocycles. The zero-order valence-electron chi connectivity index (χ0n) is 23.6. The average Bonchev–Trinajstić information content (AvgIpc) is 3.45. The number of hydrogen-bond acceptors (Lipinski definition) is 5. The predicted molar refractivity (Wildman–Crippen MR) is 158 cm³/mol. The molecule has 0 bridgehead atoms. The first-order valence-corrected chi connectivity index (χ1v) is 14.5. The lowest BCUT2D eigenvalue weighted by atomic mass is 10.0. The van der Waals surface area contributed by atoms with Crippen LogP contribution in [-0.4, -0.2) is 70.5 Å². The SMILES string of the molecule is Cc1c(/C=C2\C(=O)Nc3cc(NCc4ccc(F)cc4)c(F)cc32)[nH]c2c1C(=O)N(CC(O)CN1CCCCC1)CC2. The molecule has 1 atom stereocenters. The summed E-state index contributed by atoms with van der Waals surface area (Å²) in [4.78, 5) is 33.7. The zero-order chi connectivity index (χ0) is 29.4. The van der Waals surface area contributed by atoms with Crippen LogP contribution in [-0.2, 0) is 17.8 Å². The first kappa shape index (κ1) is 28.1. The third-order valence-electron chi connectivity index (χ3n) is 8.42. The Hall–Kier alpha value is -4.02.